The molecule has 0 spiro atoms. The second-order valence-electron chi connectivity index (χ2n) is 6.67. The van der Waals surface area contributed by atoms with E-state index in [0.29, 0.717) is 0 Å². The second-order valence-corrected chi connectivity index (χ2v) is 6.67. The van der Waals surface area contributed by atoms with Gasteiger partial charge in [0.2, 0.25) is 5.95 Å². The van der Waals surface area contributed by atoms with E-state index in [1.807, 2.05) is 18.2 Å². The van der Waals surface area contributed by atoms with E-state index in [0.717, 1.165) is 37.6 Å². The van der Waals surface area contributed by atoms with Gasteiger partial charge in [0, 0.05) is 38.7 Å². The minimum atomic E-state index is 0.742. The van der Waals surface area contributed by atoms with Gasteiger partial charge in [-0.15, -0.1) is 13.2 Å². The minimum Gasteiger partial charge on any atom is -0.335 e. The largest absolute Gasteiger partial charge is 0.335 e. The maximum atomic E-state index is 5.03. The molecule has 0 bridgehead atoms. The Morgan fingerprint density at radius 2 is 1.37 bits per heavy atom. The van der Waals surface area contributed by atoms with Crippen LogP contribution in [0.2, 0.25) is 0 Å². The highest BCUT2D eigenvalue weighted by Gasteiger charge is 2.19. The van der Waals surface area contributed by atoms with Crippen molar-refractivity contribution in [3.05, 3.63) is 108 Å². The van der Waals surface area contributed by atoms with E-state index < -0.39 is 0 Å². The summed E-state index contributed by atoms with van der Waals surface area (Å²) in [5.41, 5.74) is 4.94. The maximum Gasteiger partial charge on any atom is 0.206 e. The standard InChI is InChI=1S/C24H27N3/c1-4-16-27(17-5-2)24-25-22(18-20-12-8-6-9-13-20)23(26(24)3)19-21-14-10-7-11-15-21/h4-15H,1-2,16-19H2,3H3. The highest BCUT2D eigenvalue weighted by molar-refractivity contribution is 5.42. The van der Waals surface area contributed by atoms with Gasteiger partial charge in [-0.1, -0.05) is 72.8 Å². The van der Waals surface area contributed by atoms with Crippen molar-refractivity contribution in [3.8, 4) is 0 Å². The van der Waals surface area contributed by atoms with Gasteiger partial charge in [0.05, 0.1) is 5.69 Å². The zero-order valence-corrected chi connectivity index (χ0v) is 16.0. The van der Waals surface area contributed by atoms with Crippen molar-refractivity contribution in [1.29, 1.82) is 0 Å². The first-order chi connectivity index (χ1) is 13.2. The fourth-order valence-electron chi connectivity index (χ4n) is 3.35. The Morgan fingerprint density at radius 1 is 0.852 bits per heavy atom. The van der Waals surface area contributed by atoms with Gasteiger partial charge in [-0.05, 0) is 11.1 Å². The molecule has 3 aromatic rings. The van der Waals surface area contributed by atoms with Crippen LogP contribution in [0.1, 0.15) is 22.5 Å². The number of nitrogens with zero attached hydrogens (tertiary/aromatic N) is 3. The predicted molar refractivity (Wildman–Crippen MR) is 114 cm³/mol. The van der Waals surface area contributed by atoms with E-state index in [4.69, 9.17) is 4.98 Å². The quantitative estimate of drug-likeness (QED) is 0.514. The normalized spacial score (nSPS) is 10.6. The molecule has 0 saturated carbocycles. The lowest BCUT2D eigenvalue weighted by Gasteiger charge is -2.20. The molecule has 138 valence electrons. The number of imidazole rings is 1. The molecule has 0 saturated heterocycles. The molecule has 3 heteroatoms. The lowest BCUT2D eigenvalue weighted by Crippen LogP contribution is -2.26. The van der Waals surface area contributed by atoms with Gasteiger partial charge in [-0.25, -0.2) is 4.98 Å². The molecule has 0 amide bonds. The summed E-state index contributed by atoms with van der Waals surface area (Å²) < 4.78 is 2.22. The molecule has 0 N–H and O–H groups in total. The van der Waals surface area contributed by atoms with E-state index in [9.17, 15) is 0 Å². The van der Waals surface area contributed by atoms with Crippen molar-refractivity contribution >= 4 is 5.95 Å². The molecule has 1 heterocycles. The van der Waals surface area contributed by atoms with Crippen LogP contribution < -0.4 is 4.90 Å². The zero-order valence-electron chi connectivity index (χ0n) is 16.0. The first kappa shape index (κ1) is 18.7. The van der Waals surface area contributed by atoms with E-state index in [1.165, 1.54) is 16.8 Å². The van der Waals surface area contributed by atoms with Gasteiger partial charge in [-0.2, -0.15) is 0 Å². The van der Waals surface area contributed by atoms with E-state index in [-0.39, 0.29) is 0 Å². The van der Waals surface area contributed by atoms with Crippen molar-refractivity contribution in [2.24, 2.45) is 7.05 Å². The molecule has 0 atom stereocenters. The predicted octanol–water partition coefficient (Wildman–Crippen LogP) is 4.78. The third-order valence-electron chi connectivity index (χ3n) is 4.68. The molecule has 1 aromatic heterocycles. The van der Waals surface area contributed by atoms with Crippen molar-refractivity contribution < 1.29 is 0 Å². The van der Waals surface area contributed by atoms with Crippen molar-refractivity contribution in [1.82, 2.24) is 9.55 Å². The number of aromatic nitrogens is 2. The number of anilines is 1. The average molecular weight is 358 g/mol. The SMILES string of the molecule is C=CCN(CC=C)c1nc(Cc2ccccc2)c(Cc2ccccc2)n1C. The van der Waals surface area contributed by atoms with Crippen molar-refractivity contribution in [2.75, 3.05) is 18.0 Å². The molecule has 3 nitrogen and oxygen atoms in total. The summed E-state index contributed by atoms with van der Waals surface area (Å²) in [5.74, 6) is 0.965. The van der Waals surface area contributed by atoms with E-state index in [2.05, 4.69) is 84.3 Å². The molecular formula is C24H27N3. The number of hydrogen-bond acceptors (Lipinski definition) is 2. The van der Waals surface area contributed by atoms with Crippen LogP contribution in [0.5, 0.6) is 0 Å². The van der Waals surface area contributed by atoms with Crippen LogP contribution in [0.15, 0.2) is 86.0 Å². The smallest absolute Gasteiger partial charge is 0.206 e. The molecular weight excluding hydrogens is 330 g/mol. The maximum absolute atomic E-state index is 5.03. The molecule has 0 aliphatic heterocycles. The first-order valence-corrected chi connectivity index (χ1v) is 9.32. The Balaban J connectivity index is 2.01. The highest BCUT2D eigenvalue weighted by Crippen LogP contribution is 2.24. The Bertz CT molecular complexity index is 869. The minimum absolute atomic E-state index is 0.742. The molecule has 0 unspecified atom stereocenters. The summed E-state index contributed by atoms with van der Waals surface area (Å²) >= 11 is 0. The second kappa shape index (κ2) is 9.04. The zero-order chi connectivity index (χ0) is 19.1. The molecule has 0 aliphatic carbocycles. The fraction of sp³-hybridized carbons (Fsp3) is 0.208. The van der Waals surface area contributed by atoms with Crippen molar-refractivity contribution in [2.45, 2.75) is 12.8 Å². The summed E-state index contributed by atoms with van der Waals surface area (Å²) in [6.45, 7) is 9.26. The number of benzene rings is 2. The Hall–Kier alpha value is -3.07. The van der Waals surface area contributed by atoms with E-state index in [1.54, 1.807) is 0 Å². The van der Waals surface area contributed by atoms with Crippen LogP contribution in [0.4, 0.5) is 5.95 Å². The highest BCUT2D eigenvalue weighted by atomic mass is 15.3. The van der Waals surface area contributed by atoms with Gasteiger partial charge >= 0.3 is 0 Å². The third-order valence-corrected chi connectivity index (χ3v) is 4.68. The molecule has 0 radical (unpaired) electrons. The van der Waals surface area contributed by atoms with Crippen LogP contribution in [0.3, 0.4) is 0 Å². The third kappa shape index (κ3) is 4.56. The van der Waals surface area contributed by atoms with E-state index >= 15 is 0 Å². The van der Waals surface area contributed by atoms with Gasteiger partial charge in [0.25, 0.3) is 0 Å². The number of rotatable bonds is 9. The van der Waals surface area contributed by atoms with Gasteiger partial charge in [0.1, 0.15) is 0 Å². The van der Waals surface area contributed by atoms with Crippen LogP contribution in [-0.2, 0) is 19.9 Å². The van der Waals surface area contributed by atoms with Gasteiger partial charge < -0.3 is 9.47 Å². The van der Waals surface area contributed by atoms with Crippen molar-refractivity contribution in [3.63, 3.8) is 0 Å². The lowest BCUT2D eigenvalue weighted by atomic mass is 10.0. The summed E-state index contributed by atoms with van der Waals surface area (Å²) in [5, 5.41) is 0. The van der Waals surface area contributed by atoms with Crippen LogP contribution in [0.25, 0.3) is 0 Å². The molecule has 2 aromatic carbocycles. The monoisotopic (exact) mass is 357 g/mol. The fourth-order valence-corrected chi connectivity index (χ4v) is 3.35. The topological polar surface area (TPSA) is 21.1 Å². The lowest BCUT2D eigenvalue weighted by molar-refractivity contribution is 0.786. The molecule has 0 aliphatic rings. The van der Waals surface area contributed by atoms with Gasteiger partial charge in [-0.3, -0.25) is 0 Å². The molecule has 3 rings (SSSR count). The Labute approximate surface area is 162 Å². The summed E-state index contributed by atoms with van der Waals surface area (Å²) in [6.07, 6.45) is 5.51. The molecule has 0 fully saturated rings. The Morgan fingerprint density at radius 3 is 1.89 bits per heavy atom. The van der Waals surface area contributed by atoms with Crippen LogP contribution in [0, 0.1) is 0 Å². The van der Waals surface area contributed by atoms with Crippen LogP contribution >= 0.6 is 0 Å². The molecule has 27 heavy (non-hydrogen) atoms. The van der Waals surface area contributed by atoms with Crippen LogP contribution in [-0.4, -0.2) is 22.6 Å². The average Bonchev–Trinajstić information content (AvgIpc) is 2.99. The summed E-state index contributed by atoms with van der Waals surface area (Å²) in [7, 11) is 2.11. The van der Waals surface area contributed by atoms with Gasteiger partial charge in [0.15, 0.2) is 0 Å². The summed E-state index contributed by atoms with van der Waals surface area (Å²) in [4.78, 5) is 7.23. The Kier molecular flexibility index (Phi) is 6.26. The number of hydrogen-bond donors (Lipinski definition) is 0. The summed E-state index contributed by atoms with van der Waals surface area (Å²) in [6, 6.07) is 21.1. The first-order valence-electron chi connectivity index (χ1n) is 9.32.